The molecule has 0 bridgehead atoms. The minimum atomic E-state index is -0.0492. The van der Waals surface area contributed by atoms with Gasteiger partial charge in [0.2, 0.25) is 5.95 Å². The van der Waals surface area contributed by atoms with Crippen LogP contribution in [-0.4, -0.2) is 59.0 Å². The third-order valence-corrected chi connectivity index (χ3v) is 6.80. The van der Waals surface area contributed by atoms with Gasteiger partial charge >= 0.3 is 0 Å². The molecule has 2 aliphatic heterocycles. The largest absolute Gasteiger partial charge is 0.369 e. The Bertz CT molecular complexity index is 1140. The average molecular weight is 459 g/mol. The van der Waals surface area contributed by atoms with Gasteiger partial charge in [0, 0.05) is 63.6 Å². The third kappa shape index (κ3) is 5.32. The van der Waals surface area contributed by atoms with Crippen molar-refractivity contribution in [2.24, 2.45) is 0 Å². The molecule has 3 aromatic rings. The number of anilines is 3. The molecule has 7 heteroatoms. The molecular formula is C27H34N6O. The molecule has 0 aliphatic carbocycles. The van der Waals surface area contributed by atoms with Gasteiger partial charge in [-0.3, -0.25) is 19.6 Å². The van der Waals surface area contributed by atoms with Crippen molar-refractivity contribution in [1.29, 1.82) is 0 Å². The highest BCUT2D eigenvalue weighted by Crippen LogP contribution is 2.22. The smallest absolute Gasteiger partial charge is 0.257 e. The molecule has 34 heavy (non-hydrogen) atoms. The lowest BCUT2D eigenvalue weighted by atomic mass is 10.1. The molecule has 0 spiro atoms. The number of hydrogen-bond acceptors (Lipinski definition) is 6. The van der Waals surface area contributed by atoms with Crippen LogP contribution in [-0.2, 0) is 19.5 Å². The first-order valence-electron chi connectivity index (χ1n) is 12.4. The SMILES string of the molecule is CCCN1CCN(c2ccc(Nc3nc4c(c(=O)[nH]3)CN(Cc3ccccc3)CC4)cc2)CC1. The molecule has 0 atom stereocenters. The number of rotatable bonds is 7. The molecule has 178 valence electrons. The van der Waals surface area contributed by atoms with Crippen molar-refractivity contribution in [1.82, 2.24) is 19.8 Å². The second kappa shape index (κ2) is 10.4. The molecule has 2 N–H and O–H groups in total. The maximum Gasteiger partial charge on any atom is 0.257 e. The molecule has 2 aliphatic rings. The minimum absolute atomic E-state index is 0.0492. The van der Waals surface area contributed by atoms with Crippen LogP contribution in [0.25, 0.3) is 0 Å². The minimum Gasteiger partial charge on any atom is -0.369 e. The van der Waals surface area contributed by atoms with E-state index in [0.29, 0.717) is 12.5 Å². The summed E-state index contributed by atoms with van der Waals surface area (Å²) >= 11 is 0. The van der Waals surface area contributed by atoms with Gasteiger partial charge in [0.25, 0.3) is 5.56 Å². The van der Waals surface area contributed by atoms with Crippen LogP contribution in [0.4, 0.5) is 17.3 Å². The summed E-state index contributed by atoms with van der Waals surface area (Å²) in [6.45, 7) is 10.2. The monoisotopic (exact) mass is 458 g/mol. The van der Waals surface area contributed by atoms with Gasteiger partial charge in [0.05, 0.1) is 11.3 Å². The van der Waals surface area contributed by atoms with Crippen LogP contribution >= 0.6 is 0 Å². The zero-order valence-electron chi connectivity index (χ0n) is 20.0. The Labute approximate surface area is 201 Å². The normalized spacial score (nSPS) is 16.9. The molecular weight excluding hydrogens is 424 g/mol. The van der Waals surface area contributed by atoms with E-state index >= 15 is 0 Å². The highest BCUT2D eigenvalue weighted by Gasteiger charge is 2.21. The standard InChI is InChI=1S/C27H34N6O/c1-2-13-31-15-17-33(18-16-31)23-10-8-22(9-11-23)28-27-29-25-12-14-32(20-24(25)26(34)30-27)19-21-6-4-3-5-7-21/h3-11H,2,12-20H2,1H3,(H2,28,29,30,34). The molecule has 1 aromatic heterocycles. The fourth-order valence-electron chi connectivity index (χ4n) is 4.95. The van der Waals surface area contributed by atoms with Gasteiger partial charge in [-0.25, -0.2) is 4.98 Å². The third-order valence-electron chi connectivity index (χ3n) is 6.80. The molecule has 1 saturated heterocycles. The van der Waals surface area contributed by atoms with E-state index in [1.165, 1.54) is 24.2 Å². The van der Waals surface area contributed by atoms with E-state index in [4.69, 9.17) is 4.98 Å². The topological polar surface area (TPSA) is 67.5 Å². The average Bonchev–Trinajstić information content (AvgIpc) is 2.86. The first-order valence-corrected chi connectivity index (χ1v) is 12.4. The van der Waals surface area contributed by atoms with Crippen molar-refractivity contribution >= 4 is 17.3 Å². The number of piperazine rings is 1. The van der Waals surface area contributed by atoms with E-state index < -0.39 is 0 Å². The summed E-state index contributed by atoms with van der Waals surface area (Å²) < 4.78 is 0. The summed E-state index contributed by atoms with van der Waals surface area (Å²) in [5, 5.41) is 3.29. The van der Waals surface area contributed by atoms with E-state index in [1.807, 2.05) is 6.07 Å². The van der Waals surface area contributed by atoms with Crippen LogP contribution in [0.1, 0.15) is 30.2 Å². The lowest BCUT2D eigenvalue weighted by Gasteiger charge is -2.36. The predicted molar refractivity (Wildman–Crippen MR) is 138 cm³/mol. The van der Waals surface area contributed by atoms with Crippen molar-refractivity contribution in [2.45, 2.75) is 32.9 Å². The molecule has 5 rings (SSSR count). The van der Waals surface area contributed by atoms with Gasteiger partial charge in [0.15, 0.2) is 0 Å². The van der Waals surface area contributed by atoms with Crippen LogP contribution in [0.3, 0.4) is 0 Å². The summed E-state index contributed by atoms with van der Waals surface area (Å²) in [6.07, 6.45) is 1.99. The Kier molecular flexibility index (Phi) is 6.92. The molecule has 0 unspecified atom stereocenters. The van der Waals surface area contributed by atoms with E-state index in [-0.39, 0.29) is 5.56 Å². The molecule has 2 aromatic carbocycles. The molecule has 0 saturated carbocycles. The maximum absolute atomic E-state index is 12.8. The number of H-pyrrole nitrogens is 1. The lowest BCUT2D eigenvalue weighted by molar-refractivity contribution is 0.242. The van der Waals surface area contributed by atoms with Crippen molar-refractivity contribution in [2.75, 3.05) is 49.5 Å². The summed E-state index contributed by atoms with van der Waals surface area (Å²) in [7, 11) is 0. The highest BCUT2D eigenvalue weighted by atomic mass is 16.1. The van der Waals surface area contributed by atoms with Crippen LogP contribution in [0.2, 0.25) is 0 Å². The highest BCUT2D eigenvalue weighted by molar-refractivity contribution is 5.59. The van der Waals surface area contributed by atoms with Gasteiger partial charge in [-0.1, -0.05) is 37.3 Å². The van der Waals surface area contributed by atoms with E-state index in [2.05, 4.69) is 80.5 Å². The molecule has 7 nitrogen and oxygen atoms in total. The number of aromatic nitrogens is 2. The summed E-state index contributed by atoms with van der Waals surface area (Å²) in [5.74, 6) is 0.515. The molecule has 0 amide bonds. The van der Waals surface area contributed by atoms with Gasteiger partial charge in [-0.2, -0.15) is 0 Å². The maximum atomic E-state index is 12.8. The molecule has 1 fully saturated rings. The number of fused-ring (bicyclic) bond motifs is 1. The zero-order chi connectivity index (χ0) is 23.3. The first kappa shape index (κ1) is 22.6. The van der Waals surface area contributed by atoms with Gasteiger partial charge in [-0.15, -0.1) is 0 Å². The first-order chi connectivity index (χ1) is 16.7. The number of benzene rings is 2. The van der Waals surface area contributed by atoms with E-state index in [9.17, 15) is 4.79 Å². The number of aromatic amines is 1. The second-order valence-electron chi connectivity index (χ2n) is 9.29. The lowest BCUT2D eigenvalue weighted by Crippen LogP contribution is -2.46. The zero-order valence-corrected chi connectivity index (χ0v) is 20.0. The number of hydrogen-bond donors (Lipinski definition) is 2. The van der Waals surface area contributed by atoms with Crippen molar-refractivity contribution in [3.05, 3.63) is 81.8 Å². The van der Waals surface area contributed by atoms with Gasteiger partial charge in [0.1, 0.15) is 0 Å². The Morgan fingerprint density at radius 2 is 1.71 bits per heavy atom. The Morgan fingerprint density at radius 1 is 0.941 bits per heavy atom. The number of nitrogens with one attached hydrogen (secondary N) is 2. The van der Waals surface area contributed by atoms with E-state index in [1.54, 1.807) is 0 Å². The van der Waals surface area contributed by atoms with E-state index in [0.717, 1.165) is 62.6 Å². The van der Waals surface area contributed by atoms with Crippen LogP contribution in [0.15, 0.2) is 59.4 Å². The summed E-state index contributed by atoms with van der Waals surface area (Å²) in [6, 6.07) is 18.8. The van der Waals surface area contributed by atoms with Crippen molar-refractivity contribution in [3.63, 3.8) is 0 Å². The Hall–Kier alpha value is -3.16. The van der Waals surface area contributed by atoms with Crippen molar-refractivity contribution in [3.8, 4) is 0 Å². The fourth-order valence-corrected chi connectivity index (χ4v) is 4.95. The predicted octanol–water partition coefficient (Wildman–Crippen LogP) is 3.60. The summed E-state index contributed by atoms with van der Waals surface area (Å²) in [5.41, 5.74) is 5.07. The Balaban J connectivity index is 1.21. The van der Waals surface area contributed by atoms with Gasteiger partial charge in [-0.05, 0) is 42.8 Å². The van der Waals surface area contributed by atoms with Crippen LogP contribution in [0, 0.1) is 0 Å². The second-order valence-corrected chi connectivity index (χ2v) is 9.29. The quantitative estimate of drug-likeness (QED) is 0.564. The summed E-state index contributed by atoms with van der Waals surface area (Å²) in [4.78, 5) is 27.8. The fraction of sp³-hybridized carbons (Fsp3) is 0.407. The van der Waals surface area contributed by atoms with Crippen molar-refractivity contribution < 1.29 is 0 Å². The number of nitrogens with zero attached hydrogens (tertiary/aromatic N) is 4. The molecule has 3 heterocycles. The Morgan fingerprint density at radius 3 is 2.44 bits per heavy atom. The molecule has 0 radical (unpaired) electrons. The van der Waals surface area contributed by atoms with Gasteiger partial charge < -0.3 is 10.2 Å². The van der Waals surface area contributed by atoms with Crippen LogP contribution < -0.4 is 15.8 Å². The van der Waals surface area contributed by atoms with Crippen LogP contribution in [0.5, 0.6) is 0 Å².